The third-order valence-electron chi connectivity index (χ3n) is 21.8. The van der Waals surface area contributed by atoms with Crippen LogP contribution in [0.4, 0.5) is 0 Å². The van der Waals surface area contributed by atoms with Crippen LogP contribution < -0.4 is 0 Å². The van der Waals surface area contributed by atoms with Crippen LogP contribution in [-0.4, -0.2) is 69.7 Å². The van der Waals surface area contributed by atoms with E-state index in [2.05, 4.69) is 53.7 Å². The van der Waals surface area contributed by atoms with Crippen LogP contribution >= 0.6 is 0 Å². The standard InChI is InChI=1S/C60H90O10/c1-32(2)15-13-17-38(52-44-23-22-42-43(59(44,11)30-50(52)68-36(7)61)21-19-40-34(5)47(63)25-27-57(40,42)9)55(66)70-56(67)39(18-14-16-33(3)4)53-46-29-49(65)54-45(60(46,12)31-51(53)69-37(8)62)24-20-41-35(6)48(64)26-28-58(41,54)10/h15-16,34-35,40-51,54,63-65H,13-14,17-31H2,1-12H3/t34?,35?,40-,41?,42+,43-,44?,45-,46?,47+,48+,49+,50-,51-,54-,57-,58-,59+,60+/m0/s1. The predicted octanol–water partition coefficient (Wildman–Crippen LogP) is 11.5. The summed E-state index contributed by atoms with van der Waals surface area (Å²) in [5, 5.41) is 34.4. The van der Waals surface area contributed by atoms with Gasteiger partial charge in [0.05, 0.1) is 18.3 Å². The van der Waals surface area contributed by atoms with Gasteiger partial charge in [0.15, 0.2) is 0 Å². The van der Waals surface area contributed by atoms with Gasteiger partial charge in [0.25, 0.3) is 0 Å². The van der Waals surface area contributed by atoms with Crippen molar-refractivity contribution < 1.29 is 48.7 Å². The number of hydrogen-bond acceptors (Lipinski definition) is 10. The van der Waals surface area contributed by atoms with Crippen molar-refractivity contribution in [3.05, 3.63) is 45.6 Å². The van der Waals surface area contributed by atoms with Gasteiger partial charge in [-0.25, -0.2) is 9.59 Å². The summed E-state index contributed by atoms with van der Waals surface area (Å²) in [7, 11) is 0. The van der Waals surface area contributed by atoms with Crippen LogP contribution in [0.15, 0.2) is 45.6 Å². The number of aliphatic hydroxyl groups is 3. The molecule has 8 aliphatic carbocycles. The Morgan fingerprint density at radius 2 is 0.943 bits per heavy atom. The molecule has 10 heteroatoms. The molecule has 8 aliphatic rings. The van der Waals surface area contributed by atoms with E-state index < -0.39 is 47.6 Å². The summed E-state index contributed by atoms with van der Waals surface area (Å²) < 4.78 is 18.8. The lowest BCUT2D eigenvalue weighted by atomic mass is 9.42. The lowest BCUT2D eigenvalue weighted by Gasteiger charge is -2.64. The van der Waals surface area contributed by atoms with Crippen molar-refractivity contribution in [2.24, 2.45) is 80.8 Å². The number of aliphatic hydroxyl groups excluding tert-OH is 3. The molecule has 19 atom stereocenters. The first kappa shape index (κ1) is 53.2. The quantitative estimate of drug-likeness (QED) is 0.0633. The minimum Gasteiger partial charge on any atom is -0.458 e. The van der Waals surface area contributed by atoms with Crippen molar-refractivity contribution in [2.75, 3.05) is 0 Å². The van der Waals surface area contributed by atoms with Gasteiger partial charge < -0.3 is 29.5 Å². The molecule has 390 valence electrons. The summed E-state index contributed by atoms with van der Waals surface area (Å²) in [4.78, 5) is 56.8. The molecule has 0 amide bonds. The summed E-state index contributed by atoms with van der Waals surface area (Å²) in [6.45, 7) is 24.8. The Kier molecular flexibility index (Phi) is 15.2. The Labute approximate surface area is 420 Å². The van der Waals surface area contributed by atoms with Gasteiger partial charge in [-0.15, -0.1) is 0 Å². The summed E-state index contributed by atoms with van der Waals surface area (Å²) in [5.74, 6) is -0.609. The molecule has 3 N–H and O–H groups in total. The molecule has 0 aromatic rings. The number of rotatable bonds is 10. The van der Waals surface area contributed by atoms with E-state index in [4.69, 9.17) is 14.2 Å². The highest BCUT2D eigenvalue weighted by Crippen LogP contribution is 2.71. The smallest absolute Gasteiger partial charge is 0.342 e. The van der Waals surface area contributed by atoms with Crippen molar-refractivity contribution >= 4 is 23.9 Å². The SMILES string of the molecule is CC(=O)O[C@H]1C[C@@]2(C)C(C[C@@H](O)[C@@H]3[C@@H]2CCC2C(C)[C@H](O)CC[C@@]23C)C1=C(CCC=C(C)C)C(=O)OC(=O)C(CCC=C(C)C)=C1C2CC[C@@H]3[C@H](CC[C@H]4C(C)[C@H](O)CC[C@]34C)[C@@]2(C)C[C@@H]1OC(C)=O. The first-order valence-electron chi connectivity index (χ1n) is 27.7. The number of carbonyl (C=O) groups is 4. The Morgan fingerprint density at radius 1 is 0.529 bits per heavy atom. The number of esters is 4. The fraction of sp³-hybridized carbons (Fsp3) is 0.800. The van der Waals surface area contributed by atoms with Gasteiger partial charge in [-0.3, -0.25) is 9.59 Å². The lowest BCUT2D eigenvalue weighted by Crippen LogP contribution is -2.61. The van der Waals surface area contributed by atoms with Crippen LogP contribution in [0.1, 0.15) is 192 Å². The van der Waals surface area contributed by atoms with Gasteiger partial charge in [-0.05, 0) is 229 Å². The Morgan fingerprint density at radius 3 is 1.44 bits per heavy atom. The van der Waals surface area contributed by atoms with Gasteiger partial charge in [0, 0.05) is 25.0 Å². The van der Waals surface area contributed by atoms with Crippen molar-refractivity contribution in [3.63, 3.8) is 0 Å². The number of ether oxygens (including phenoxy) is 3. The van der Waals surface area contributed by atoms with Crippen molar-refractivity contribution in [2.45, 2.75) is 223 Å². The molecular weight excluding hydrogens is 881 g/mol. The minimum absolute atomic E-state index is 0.00762. The normalized spacial score (nSPS) is 45.2. The van der Waals surface area contributed by atoms with E-state index in [1.54, 1.807) is 0 Å². The predicted molar refractivity (Wildman–Crippen MR) is 270 cm³/mol. The fourth-order valence-corrected chi connectivity index (χ4v) is 18.7. The second-order valence-electron chi connectivity index (χ2n) is 25.9. The highest BCUT2D eigenvalue weighted by atomic mass is 16.6. The summed E-state index contributed by atoms with van der Waals surface area (Å²) >= 11 is 0. The lowest BCUT2D eigenvalue weighted by molar-refractivity contribution is -0.191. The van der Waals surface area contributed by atoms with E-state index in [0.717, 1.165) is 74.5 Å². The third kappa shape index (κ3) is 9.19. The van der Waals surface area contributed by atoms with Crippen molar-refractivity contribution in [3.8, 4) is 0 Å². The molecule has 0 saturated heterocycles. The monoisotopic (exact) mass is 971 g/mol. The molecule has 5 unspecified atom stereocenters. The maximum atomic E-state index is 15.3. The molecule has 0 heterocycles. The first-order chi connectivity index (χ1) is 32.9. The maximum Gasteiger partial charge on any atom is 0.342 e. The molecule has 0 aromatic carbocycles. The minimum atomic E-state index is -0.736. The zero-order valence-electron chi connectivity index (χ0n) is 45.0. The van der Waals surface area contributed by atoms with Crippen molar-refractivity contribution in [1.29, 1.82) is 0 Å². The van der Waals surface area contributed by atoms with Crippen LogP contribution in [0.5, 0.6) is 0 Å². The Hall–Kier alpha value is -3.08. The highest BCUT2D eigenvalue weighted by Gasteiger charge is 2.67. The van der Waals surface area contributed by atoms with Gasteiger partial charge in [0.2, 0.25) is 0 Å². The van der Waals surface area contributed by atoms with Crippen LogP contribution in [0, 0.1) is 80.8 Å². The summed E-state index contributed by atoms with van der Waals surface area (Å²) in [5.41, 5.74) is 3.74. The third-order valence-corrected chi connectivity index (χ3v) is 21.8. The van der Waals surface area contributed by atoms with Crippen LogP contribution in [0.25, 0.3) is 0 Å². The van der Waals surface area contributed by atoms with Gasteiger partial charge in [-0.2, -0.15) is 0 Å². The number of hydrogen-bond donors (Lipinski definition) is 3. The average Bonchev–Trinajstić information content (AvgIpc) is 3.71. The summed E-state index contributed by atoms with van der Waals surface area (Å²) in [6.07, 6.45) is 13.8. The average molecular weight is 971 g/mol. The zero-order chi connectivity index (χ0) is 51.0. The van der Waals surface area contributed by atoms with Gasteiger partial charge >= 0.3 is 23.9 Å². The molecule has 0 radical (unpaired) electrons. The Balaban J connectivity index is 1.19. The molecule has 0 bridgehead atoms. The second kappa shape index (κ2) is 20.0. The molecule has 8 rings (SSSR count). The highest BCUT2D eigenvalue weighted by molar-refractivity contribution is 6.03. The van der Waals surface area contributed by atoms with E-state index >= 15 is 9.59 Å². The van der Waals surface area contributed by atoms with E-state index in [0.29, 0.717) is 79.4 Å². The van der Waals surface area contributed by atoms with Gasteiger partial charge in [-0.1, -0.05) is 64.8 Å². The van der Waals surface area contributed by atoms with Crippen LogP contribution in [0.3, 0.4) is 0 Å². The van der Waals surface area contributed by atoms with Gasteiger partial charge in [0.1, 0.15) is 12.2 Å². The molecule has 70 heavy (non-hydrogen) atoms. The fourth-order valence-electron chi connectivity index (χ4n) is 18.7. The molecule has 8 saturated carbocycles. The summed E-state index contributed by atoms with van der Waals surface area (Å²) in [6, 6.07) is 0. The van der Waals surface area contributed by atoms with E-state index in [1.807, 2.05) is 27.7 Å². The second-order valence-corrected chi connectivity index (χ2v) is 25.9. The van der Waals surface area contributed by atoms with Crippen molar-refractivity contribution in [1.82, 2.24) is 0 Å². The number of fused-ring (bicyclic) bond motifs is 10. The molecule has 10 nitrogen and oxygen atoms in total. The van der Waals surface area contributed by atoms with E-state index in [9.17, 15) is 24.9 Å². The van der Waals surface area contributed by atoms with E-state index in [1.165, 1.54) is 13.8 Å². The maximum absolute atomic E-state index is 15.3. The number of allylic oxidation sites excluding steroid dienone is 4. The first-order valence-corrected chi connectivity index (χ1v) is 27.7. The van der Waals surface area contributed by atoms with Crippen LogP contribution in [-0.2, 0) is 33.4 Å². The molecule has 0 aromatic heterocycles. The molecule has 0 aliphatic heterocycles. The number of carbonyl (C=O) groups excluding carboxylic acids is 4. The zero-order valence-corrected chi connectivity index (χ0v) is 45.0. The topological polar surface area (TPSA) is 157 Å². The van der Waals surface area contributed by atoms with E-state index in [-0.39, 0.29) is 76.3 Å². The largest absolute Gasteiger partial charge is 0.458 e. The molecular formula is C60H90O10. The van der Waals surface area contributed by atoms with Crippen LogP contribution in [0.2, 0.25) is 0 Å². The molecule has 0 spiro atoms. The Bertz CT molecular complexity index is 2180. The molecule has 8 fully saturated rings.